The first-order valence-electron chi connectivity index (χ1n) is 16.7. The van der Waals surface area contributed by atoms with E-state index in [0.29, 0.717) is 34.3 Å². The molecule has 0 spiro atoms. The molecule has 1 aromatic heterocycles. The molecule has 1 aliphatic heterocycles. The van der Waals surface area contributed by atoms with E-state index in [1.807, 2.05) is 0 Å². The summed E-state index contributed by atoms with van der Waals surface area (Å²) in [7, 11) is -3.62. The molecule has 3 atom stereocenters. The average molecular weight is 804 g/mol. The second-order valence-electron chi connectivity index (χ2n) is 12.4. The van der Waals surface area contributed by atoms with E-state index in [2.05, 4.69) is 5.32 Å². The number of esters is 2. The first-order chi connectivity index (χ1) is 25.5. The second-order valence-corrected chi connectivity index (χ2v) is 15.2. The Balaban J connectivity index is 1.34. The topological polar surface area (TPSA) is 185 Å². The summed E-state index contributed by atoms with van der Waals surface area (Å²) in [5.74, 6) is -2.96. The molecular weight excluding hydrogens is 767 g/mol. The van der Waals surface area contributed by atoms with Crippen LogP contribution in [0.1, 0.15) is 58.2 Å². The minimum absolute atomic E-state index is 0.0246. The molecule has 1 N–H and O–H groups in total. The van der Waals surface area contributed by atoms with Crippen LogP contribution in [0.4, 0.5) is 4.79 Å². The zero-order valence-corrected chi connectivity index (χ0v) is 31.9. The van der Waals surface area contributed by atoms with Gasteiger partial charge in [0.25, 0.3) is 11.8 Å². The molecule has 4 aromatic rings. The molecule has 2 amide bonds. The number of nitrogens with one attached hydrogen (secondary N) is 1. The van der Waals surface area contributed by atoms with E-state index < -0.39 is 52.3 Å². The van der Waals surface area contributed by atoms with Gasteiger partial charge in [0.15, 0.2) is 15.9 Å². The number of carbonyl (C=O) groups excluding carboxylic acids is 5. The maximum atomic E-state index is 13.8. The molecule has 1 aliphatic rings. The third-order valence-corrected chi connectivity index (χ3v) is 10.2. The Morgan fingerprint density at radius 3 is 2.44 bits per heavy atom. The molecule has 54 heavy (non-hydrogen) atoms. The summed E-state index contributed by atoms with van der Waals surface area (Å²) in [6, 6.07) is 12.8. The molecule has 1 unspecified atom stereocenters. The first-order valence-corrected chi connectivity index (χ1v) is 19.3. The van der Waals surface area contributed by atoms with E-state index in [4.69, 9.17) is 46.6 Å². The van der Waals surface area contributed by atoms with Gasteiger partial charge >= 0.3 is 18.1 Å². The molecule has 0 radical (unpaired) electrons. The van der Waals surface area contributed by atoms with Crippen molar-refractivity contribution in [3.63, 3.8) is 0 Å². The van der Waals surface area contributed by atoms with E-state index in [9.17, 15) is 32.4 Å². The molecule has 0 saturated carbocycles. The number of halogens is 2. The molecule has 14 nitrogen and oxygen atoms in total. The largest absolute Gasteiger partial charge is 0.512 e. The van der Waals surface area contributed by atoms with Gasteiger partial charge in [-0.1, -0.05) is 41.4 Å². The number of nitrogens with zero attached hydrogens (tertiary/aromatic N) is 1. The van der Waals surface area contributed by atoms with Gasteiger partial charge in [-0.3, -0.25) is 9.59 Å². The van der Waals surface area contributed by atoms with Crippen LogP contribution in [0.15, 0.2) is 70.2 Å². The van der Waals surface area contributed by atoms with Crippen molar-refractivity contribution in [3.05, 3.63) is 98.7 Å². The van der Waals surface area contributed by atoms with Crippen molar-refractivity contribution in [2.24, 2.45) is 0 Å². The van der Waals surface area contributed by atoms with Gasteiger partial charge in [-0.05, 0) is 73.4 Å². The smallest absolute Gasteiger partial charge is 0.464 e. The third kappa shape index (κ3) is 9.51. The van der Waals surface area contributed by atoms with E-state index in [1.54, 1.807) is 48.4 Å². The Labute approximate surface area is 320 Å². The normalized spacial score (nSPS) is 14.3. The quantitative estimate of drug-likeness (QED) is 0.105. The Bertz CT molecular complexity index is 2220. The van der Waals surface area contributed by atoms with E-state index in [0.717, 1.165) is 11.6 Å². The van der Waals surface area contributed by atoms with Crippen LogP contribution in [0.2, 0.25) is 10.0 Å². The SMILES string of the molecule is CCOC(=O)[C@@H](C)OC(=O)OC(C)OC(=O)[C@H](Cc1cccc(S(C)(=O)=O)c1)NC(=O)c1c(Cl)cc2c(c1Cl)CCN(C(=O)c1ccc3ccoc3c1)C2. The van der Waals surface area contributed by atoms with Crippen LogP contribution in [-0.4, -0.2) is 81.1 Å². The predicted octanol–water partition coefficient (Wildman–Crippen LogP) is 5.68. The zero-order valence-electron chi connectivity index (χ0n) is 29.6. The maximum Gasteiger partial charge on any atom is 0.512 e. The minimum atomic E-state index is -3.62. The highest BCUT2D eigenvalue weighted by Crippen LogP contribution is 2.35. The van der Waals surface area contributed by atoms with Gasteiger partial charge in [-0.15, -0.1) is 0 Å². The molecule has 0 fully saturated rings. The second kappa shape index (κ2) is 16.9. The molecule has 3 aromatic carbocycles. The van der Waals surface area contributed by atoms with Gasteiger partial charge in [-0.2, -0.15) is 0 Å². The standard InChI is InChI=1S/C37H36Cl2N2O12S/c1-5-49-35(44)20(2)51-37(46)53-21(3)52-36(45)29(16-22-7-6-8-26(15-22)54(4,47)48)40-33(42)31-28(38)17-25-19-41(13-11-27(25)32(31)39)34(43)24-10-9-23-12-14-50-30(23)18-24/h6-10,12,14-15,17-18,20-21,29H,5,11,13,16,19H2,1-4H3,(H,40,42)/t20-,21?,29+/m1/s1. The summed E-state index contributed by atoms with van der Waals surface area (Å²) < 4.78 is 49.8. The lowest BCUT2D eigenvalue weighted by atomic mass is 9.95. The van der Waals surface area contributed by atoms with Crippen molar-refractivity contribution in [3.8, 4) is 0 Å². The number of ether oxygens (including phenoxy) is 4. The fourth-order valence-corrected chi connectivity index (χ4v) is 7.21. The molecule has 0 aliphatic carbocycles. The van der Waals surface area contributed by atoms with Crippen molar-refractivity contribution in [1.82, 2.24) is 10.2 Å². The van der Waals surface area contributed by atoms with Crippen molar-refractivity contribution >= 4 is 73.9 Å². The number of sulfone groups is 1. The fourth-order valence-electron chi connectivity index (χ4n) is 5.75. The maximum absolute atomic E-state index is 13.8. The van der Waals surface area contributed by atoms with Gasteiger partial charge in [0.2, 0.25) is 6.29 Å². The summed E-state index contributed by atoms with van der Waals surface area (Å²) in [6.07, 6.45) is -1.58. The molecular formula is C37H36Cl2N2O12S. The summed E-state index contributed by atoms with van der Waals surface area (Å²) in [5.41, 5.74) is 2.45. The summed E-state index contributed by atoms with van der Waals surface area (Å²) in [5, 5.41) is 3.41. The average Bonchev–Trinajstić information content (AvgIpc) is 3.58. The van der Waals surface area contributed by atoms with Crippen molar-refractivity contribution in [2.45, 2.75) is 63.5 Å². The third-order valence-electron chi connectivity index (χ3n) is 8.41. The number of amides is 2. The summed E-state index contributed by atoms with van der Waals surface area (Å²) >= 11 is 13.4. The number of fused-ring (bicyclic) bond motifs is 2. The van der Waals surface area contributed by atoms with Crippen LogP contribution >= 0.6 is 23.2 Å². The zero-order chi connectivity index (χ0) is 39.3. The van der Waals surface area contributed by atoms with Gasteiger partial charge in [0.1, 0.15) is 11.6 Å². The highest BCUT2D eigenvalue weighted by atomic mass is 35.5. The van der Waals surface area contributed by atoms with Crippen molar-refractivity contribution < 1.29 is 55.8 Å². The highest BCUT2D eigenvalue weighted by Gasteiger charge is 2.32. The van der Waals surface area contributed by atoms with Crippen LogP contribution in [-0.2, 0) is 57.8 Å². The van der Waals surface area contributed by atoms with Crippen LogP contribution in [0.3, 0.4) is 0 Å². The Kier molecular flexibility index (Phi) is 12.6. The highest BCUT2D eigenvalue weighted by molar-refractivity contribution is 7.90. The lowest BCUT2D eigenvalue weighted by molar-refractivity contribution is -0.173. The van der Waals surface area contributed by atoms with Gasteiger partial charge in [0.05, 0.1) is 33.4 Å². The lowest BCUT2D eigenvalue weighted by Crippen LogP contribution is -2.45. The van der Waals surface area contributed by atoms with E-state index in [1.165, 1.54) is 38.1 Å². The molecule has 5 rings (SSSR count). The Morgan fingerprint density at radius 2 is 1.72 bits per heavy atom. The Morgan fingerprint density at radius 1 is 0.963 bits per heavy atom. The van der Waals surface area contributed by atoms with Crippen LogP contribution in [0.25, 0.3) is 11.0 Å². The van der Waals surface area contributed by atoms with Gasteiger partial charge < -0.3 is 33.6 Å². The van der Waals surface area contributed by atoms with Gasteiger partial charge in [-0.25, -0.2) is 22.8 Å². The minimum Gasteiger partial charge on any atom is -0.464 e. The molecule has 2 heterocycles. The number of furan rings is 1. The van der Waals surface area contributed by atoms with Crippen molar-refractivity contribution in [2.75, 3.05) is 19.4 Å². The lowest BCUT2D eigenvalue weighted by Gasteiger charge is -2.30. The predicted molar refractivity (Wildman–Crippen MR) is 195 cm³/mol. The van der Waals surface area contributed by atoms with Crippen LogP contribution in [0, 0.1) is 0 Å². The van der Waals surface area contributed by atoms with Crippen molar-refractivity contribution in [1.29, 1.82) is 0 Å². The van der Waals surface area contributed by atoms with Crippen LogP contribution in [0.5, 0.6) is 0 Å². The molecule has 286 valence electrons. The van der Waals surface area contributed by atoms with Gasteiger partial charge in [0, 0.05) is 43.6 Å². The first kappa shape index (κ1) is 40.1. The van der Waals surface area contributed by atoms with Crippen LogP contribution < -0.4 is 5.32 Å². The Hall–Kier alpha value is -5.12. The monoisotopic (exact) mass is 802 g/mol. The number of hydrogen-bond acceptors (Lipinski definition) is 12. The molecule has 17 heteroatoms. The summed E-state index contributed by atoms with van der Waals surface area (Å²) in [6.45, 7) is 4.56. The van der Waals surface area contributed by atoms with E-state index in [-0.39, 0.29) is 52.5 Å². The number of rotatable bonds is 12. The number of carbonyl (C=O) groups is 5. The number of benzene rings is 3. The van der Waals surface area contributed by atoms with E-state index >= 15 is 0 Å². The fraction of sp³-hybridized carbons (Fsp3) is 0.324. The molecule has 0 bridgehead atoms. The summed E-state index contributed by atoms with van der Waals surface area (Å²) in [4.78, 5) is 66.4. The molecule has 0 saturated heterocycles. The number of hydrogen-bond donors (Lipinski definition) is 1.